The van der Waals surface area contributed by atoms with Crippen LogP contribution in [0.3, 0.4) is 0 Å². The first kappa shape index (κ1) is 15.3. The number of hydrogen-bond acceptors (Lipinski definition) is 2. The fraction of sp³-hybridized carbons (Fsp3) is 0.278. The van der Waals surface area contributed by atoms with Gasteiger partial charge in [0.15, 0.2) is 0 Å². The molecule has 110 valence electrons. The average Bonchev–Trinajstić information content (AvgIpc) is 2.48. The lowest BCUT2D eigenvalue weighted by atomic mass is 10.0. The molecule has 0 heterocycles. The van der Waals surface area contributed by atoms with E-state index in [-0.39, 0.29) is 11.9 Å². The van der Waals surface area contributed by atoms with Crippen molar-refractivity contribution >= 4 is 5.91 Å². The zero-order valence-corrected chi connectivity index (χ0v) is 12.4. The summed E-state index contributed by atoms with van der Waals surface area (Å²) in [5.41, 5.74) is 2.63. The lowest BCUT2D eigenvalue weighted by Crippen LogP contribution is -2.33. The van der Waals surface area contributed by atoms with Crippen LogP contribution in [0.5, 0.6) is 0 Å². The molecular weight excluding hydrogens is 262 g/mol. The zero-order chi connectivity index (χ0) is 15.2. The topological polar surface area (TPSA) is 49.3 Å². The van der Waals surface area contributed by atoms with Gasteiger partial charge in [-0.25, -0.2) is 0 Å². The van der Waals surface area contributed by atoms with Gasteiger partial charge in [-0.3, -0.25) is 4.79 Å². The van der Waals surface area contributed by atoms with E-state index in [1.807, 2.05) is 68.4 Å². The van der Waals surface area contributed by atoms with E-state index in [9.17, 15) is 9.90 Å². The standard InChI is InChI=1S/C18H21NO2/c1-13-8-10-16(11-9-13)18(21)19-14(2)12-17(20)15-6-4-3-5-7-15/h3-11,14,17,20H,12H2,1-2H3,(H,19,21)/t14-,17-/m0/s1. The fourth-order valence-corrected chi connectivity index (χ4v) is 2.22. The maximum absolute atomic E-state index is 12.1. The third-order valence-electron chi connectivity index (χ3n) is 3.45. The molecule has 0 unspecified atom stereocenters. The third-order valence-corrected chi connectivity index (χ3v) is 3.45. The summed E-state index contributed by atoms with van der Waals surface area (Å²) < 4.78 is 0. The number of amides is 1. The number of rotatable bonds is 5. The number of aliphatic hydroxyl groups excluding tert-OH is 1. The number of aliphatic hydroxyl groups is 1. The van der Waals surface area contributed by atoms with E-state index in [0.29, 0.717) is 12.0 Å². The molecule has 3 nitrogen and oxygen atoms in total. The zero-order valence-electron chi connectivity index (χ0n) is 12.4. The monoisotopic (exact) mass is 283 g/mol. The molecule has 0 aromatic heterocycles. The van der Waals surface area contributed by atoms with E-state index in [1.165, 1.54) is 0 Å². The van der Waals surface area contributed by atoms with Gasteiger partial charge in [-0.15, -0.1) is 0 Å². The van der Waals surface area contributed by atoms with Gasteiger partial charge in [-0.2, -0.15) is 0 Å². The minimum Gasteiger partial charge on any atom is -0.388 e. The van der Waals surface area contributed by atoms with Crippen LogP contribution in [-0.2, 0) is 0 Å². The number of carbonyl (C=O) groups excluding carboxylic acids is 1. The predicted octanol–water partition coefficient (Wildman–Crippen LogP) is 3.24. The van der Waals surface area contributed by atoms with Crippen LogP contribution < -0.4 is 5.32 Å². The third kappa shape index (κ3) is 4.43. The molecular formula is C18H21NO2. The summed E-state index contributed by atoms with van der Waals surface area (Å²) in [7, 11) is 0. The molecule has 0 radical (unpaired) electrons. The summed E-state index contributed by atoms with van der Waals surface area (Å²) in [6.45, 7) is 3.89. The van der Waals surface area contributed by atoms with Gasteiger partial charge in [0.2, 0.25) is 0 Å². The van der Waals surface area contributed by atoms with Crippen molar-refractivity contribution in [3.63, 3.8) is 0 Å². The molecule has 0 bridgehead atoms. The molecule has 0 aliphatic rings. The molecule has 0 fully saturated rings. The Morgan fingerprint density at radius 3 is 2.33 bits per heavy atom. The second-order valence-corrected chi connectivity index (χ2v) is 5.40. The van der Waals surface area contributed by atoms with E-state index in [4.69, 9.17) is 0 Å². The Balaban J connectivity index is 1.91. The highest BCUT2D eigenvalue weighted by Crippen LogP contribution is 2.17. The van der Waals surface area contributed by atoms with Crippen molar-refractivity contribution in [1.29, 1.82) is 0 Å². The van der Waals surface area contributed by atoms with Crippen molar-refractivity contribution in [3.05, 3.63) is 71.3 Å². The summed E-state index contributed by atoms with van der Waals surface area (Å²) >= 11 is 0. The molecule has 0 spiro atoms. The van der Waals surface area contributed by atoms with Gasteiger partial charge >= 0.3 is 0 Å². The molecule has 3 heteroatoms. The summed E-state index contributed by atoms with van der Waals surface area (Å²) in [6.07, 6.45) is -0.0822. The maximum atomic E-state index is 12.1. The van der Waals surface area contributed by atoms with Gasteiger partial charge in [-0.05, 0) is 38.0 Å². The molecule has 2 aromatic carbocycles. The van der Waals surface area contributed by atoms with Gasteiger partial charge in [0.1, 0.15) is 0 Å². The lowest BCUT2D eigenvalue weighted by molar-refractivity contribution is 0.0917. The van der Waals surface area contributed by atoms with Crippen LogP contribution in [0.2, 0.25) is 0 Å². The first-order chi connectivity index (χ1) is 10.1. The second kappa shape index (κ2) is 7.04. The van der Waals surface area contributed by atoms with Crippen molar-refractivity contribution in [3.8, 4) is 0 Å². The predicted molar refractivity (Wildman–Crippen MR) is 84.1 cm³/mol. The second-order valence-electron chi connectivity index (χ2n) is 5.40. The number of nitrogens with one attached hydrogen (secondary N) is 1. The summed E-state index contributed by atoms with van der Waals surface area (Å²) in [5, 5.41) is 13.1. The van der Waals surface area contributed by atoms with Crippen LogP contribution in [0.15, 0.2) is 54.6 Å². The van der Waals surface area contributed by atoms with Crippen molar-refractivity contribution in [2.24, 2.45) is 0 Å². The first-order valence-electron chi connectivity index (χ1n) is 7.17. The molecule has 0 aliphatic carbocycles. The van der Waals surface area contributed by atoms with Crippen LogP contribution in [0.1, 0.15) is 40.9 Å². The molecule has 2 rings (SSSR count). The minimum atomic E-state index is -0.570. The largest absolute Gasteiger partial charge is 0.388 e. The Kier molecular flexibility index (Phi) is 5.12. The van der Waals surface area contributed by atoms with Crippen molar-refractivity contribution in [2.45, 2.75) is 32.4 Å². The van der Waals surface area contributed by atoms with Gasteiger partial charge in [0.25, 0.3) is 5.91 Å². The van der Waals surface area contributed by atoms with Crippen molar-refractivity contribution in [2.75, 3.05) is 0 Å². The van der Waals surface area contributed by atoms with Crippen LogP contribution in [0.4, 0.5) is 0 Å². The maximum Gasteiger partial charge on any atom is 0.251 e. The van der Waals surface area contributed by atoms with Gasteiger partial charge in [0.05, 0.1) is 6.10 Å². The summed E-state index contributed by atoms with van der Waals surface area (Å²) in [5.74, 6) is -0.109. The normalized spacial score (nSPS) is 13.5. The first-order valence-corrected chi connectivity index (χ1v) is 7.17. The van der Waals surface area contributed by atoms with Gasteiger partial charge in [0, 0.05) is 11.6 Å². The molecule has 0 saturated heterocycles. The molecule has 0 aliphatic heterocycles. The van der Waals surface area contributed by atoms with E-state index in [1.54, 1.807) is 0 Å². The molecule has 1 amide bonds. The van der Waals surface area contributed by atoms with E-state index >= 15 is 0 Å². The number of carbonyl (C=O) groups is 1. The summed E-state index contributed by atoms with van der Waals surface area (Å²) in [6, 6.07) is 16.8. The Bertz CT molecular complexity index is 578. The fourth-order valence-electron chi connectivity index (χ4n) is 2.22. The van der Waals surface area contributed by atoms with E-state index in [0.717, 1.165) is 11.1 Å². The Hall–Kier alpha value is -2.13. The van der Waals surface area contributed by atoms with Crippen LogP contribution in [0, 0.1) is 6.92 Å². The van der Waals surface area contributed by atoms with Crippen LogP contribution in [0.25, 0.3) is 0 Å². The van der Waals surface area contributed by atoms with E-state index < -0.39 is 6.10 Å². The highest BCUT2D eigenvalue weighted by Gasteiger charge is 2.15. The number of hydrogen-bond donors (Lipinski definition) is 2. The van der Waals surface area contributed by atoms with E-state index in [2.05, 4.69) is 5.32 Å². The van der Waals surface area contributed by atoms with Crippen LogP contribution in [-0.4, -0.2) is 17.1 Å². The molecule has 2 N–H and O–H groups in total. The lowest BCUT2D eigenvalue weighted by Gasteiger charge is -2.18. The van der Waals surface area contributed by atoms with Gasteiger partial charge < -0.3 is 10.4 Å². The highest BCUT2D eigenvalue weighted by atomic mass is 16.3. The van der Waals surface area contributed by atoms with Crippen LogP contribution >= 0.6 is 0 Å². The minimum absolute atomic E-state index is 0.103. The Labute approximate surface area is 125 Å². The molecule has 2 atom stereocenters. The molecule has 2 aromatic rings. The Morgan fingerprint density at radius 1 is 1.10 bits per heavy atom. The quantitative estimate of drug-likeness (QED) is 0.885. The molecule has 21 heavy (non-hydrogen) atoms. The average molecular weight is 283 g/mol. The summed E-state index contributed by atoms with van der Waals surface area (Å²) in [4.78, 5) is 12.1. The smallest absolute Gasteiger partial charge is 0.251 e. The van der Waals surface area contributed by atoms with Gasteiger partial charge in [-0.1, -0.05) is 48.0 Å². The number of benzene rings is 2. The SMILES string of the molecule is Cc1ccc(C(=O)N[C@@H](C)C[C@H](O)c2ccccc2)cc1. The molecule has 0 saturated carbocycles. The number of aryl methyl sites for hydroxylation is 1. The Morgan fingerprint density at radius 2 is 1.71 bits per heavy atom. The van der Waals surface area contributed by atoms with Crippen molar-refractivity contribution < 1.29 is 9.90 Å². The van der Waals surface area contributed by atoms with Crippen molar-refractivity contribution in [1.82, 2.24) is 5.32 Å². The highest BCUT2D eigenvalue weighted by molar-refractivity contribution is 5.94.